The highest BCUT2D eigenvalue weighted by molar-refractivity contribution is 6.00. The molecular weight excluding hydrogens is 411 g/mol. The summed E-state index contributed by atoms with van der Waals surface area (Å²) in [6.07, 6.45) is 4.16. The Hall–Kier alpha value is -4.18. The Labute approximate surface area is 183 Å². The average molecular weight is 432 g/mol. The third kappa shape index (κ3) is 4.60. The van der Waals surface area contributed by atoms with Crippen LogP contribution in [0.25, 0.3) is 11.0 Å². The van der Waals surface area contributed by atoms with Crippen LogP contribution in [0.15, 0.2) is 60.9 Å². The number of aryl methyl sites for hydroxylation is 1. The highest BCUT2D eigenvalue weighted by Gasteiger charge is 2.18. The van der Waals surface area contributed by atoms with Crippen molar-refractivity contribution in [2.24, 2.45) is 5.84 Å². The Morgan fingerprint density at radius 3 is 2.59 bits per heavy atom. The molecule has 0 saturated carbocycles. The number of amides is 2. The smallest absolute Gasteiger partial charge is 0.343 e. The molecule has 4 rings (SSSR count). The fourth-order valence-corrected chi connectivity index (χ4v) is 3.13. The first-order valence-corrected chi connectivity index (χ1v) is 9.96. The fourth-order valence-electron chi connectivity index (χ4n) is 3.13. The number of hydrazine groups is 1. The third-order valence-electron chi connectivity index (χ3n) is 4.75. The van der Waals surface area contributed by atoms with Crippen molar-refractivity contribution < 1.29 is 9.18 Å². The summed E-state index contributed by atoms with van der Waals surface area (Å²) in [5.41, 5.74) is 2.78. The number of halogens is 1. The Morgan fingerprint density at radius 2 is 1.81 bits per heavy atom. The molecule has 0 saturated heterocycles. The van der Waals surface area contributed by atoms with Crippen molar-refractivity contribution in [1.29, 1.82) is 0 Å². The summed E-state index contributed by atoms with van der Waals surface area (Å²) in [6, 6.07) is 12.1. The number of carbonyl (C=O) groups is 1. The van der Waals surface area contributed by atoms with Crippen LogP contribution in [0.3, 0.4) is 0 Å². The largest absolute Gasteiger partial charge is 0.365 e. The van der Waals surface area contributed by atoms with Gasteiger partial charge in [-0.3, -0.25) is 4.98 Å². The normalized spacial score (nSPS) is 10.7. The average Bonchev–Trinajstić information content (AvgIpc) is 2.83. The van der Waals surface area contributed by atoms with Gasteiger partial charge in [-0.15, -0.1) is 0 Å². The zero-order chi connectivity index (χ0) is 22.5. The van der Waals surface area contributed by atoms with Crippen LogP contribution >= 0.6 is 0 Å². The van der Waals surface area contributed by atoms with Gasteiger partial charge < -0.3 is 10.6 Å². The van der Waals surface area contributed by atoms with Crippen LogP contribution in [0.2, 0.25) is 0 Å². The molecule has 2 amide bonds. The minimum absolute atomic E-state index is 0.0415. The summed E-state index contributed by atoms with van der Waals surface area (Å²) in [5, 5.41) is 7.32. The molecule has 0 fully saturated rings. The number of benzene rings is 1. The summed E-state index contributed by atoms with van der Waals surface area (Å²) >= 11 is 0. The molecule has 4 N–H and O–H groups in total. The lowest BCUT2D eigenvalue weighted by Gasteiger charge is -2.17. The molecule has 4 aromatic rings. The standard InChI is InChI=1S/C22H21FN8O/c1-2-18-14(5-3-11-25-18)13-27-20-17-6-4-12-26-19(17)29-21(30-20)31(24)22(32)28-16-9-7-15(23)8-10-16/h3-12H,2,13,24H2,1H3,(H,28,32)(H,26,27,29,30). The van der Waals surface area contributed by atoms with Crippen molar-refractivity contribution >= 4 is 34.5 Å². The van der Waals surface area contributed by atoms with E-state index in [1.54, 1.807) is 18.5 Å². The van der Waals surface area contributed by atoms with E-state index in [1.165, 1.54) is 24.3 Å². The van der Waals surface area contributed by atoms with Crippen LogP contribution in [0.5, 0.6) is 0 Å². The van der Waals surface area contributed by atoms with Gasteiger partial charge in [0.15, 0.2) is 5.65 Å². The second-order valence-corrected chi connectivity index (χ2v) is 6.87. The van der Waals surface area contributed by atoms with Gasteiger partial charge in [0.2, 0.25) is 0 Å². The van der Waals surface area contributed by atoms with Crippen molar-refractivity contribution in [2.45, 2.75) is 19.9 Å². The maximum atomic E-state index is 13.1. The van der Waals surface area contributed by atoms with Crippen molar-refractivity contribution in [3.63, 3.8) is 0 Å². The van der Waals surface area contributed by atoms with Crippen LogP contribution in [0.1, 0.15) is 18.2 Å². The molecule has 3 aromatic heterocycles. The van der Waals surface area contributed by atoms with E-state index in [0.717, 1.165) is 22.7 Å². The van der Waals surface area contributed by atoms with E-state index in [2.05, 4.69) is 30.6 Å². The van der Waals surface area contributed by atoms with E-state index in [0.29, 0.717) is 29.1 Å². The molecule has 0 unspecified atom stereocenters. The number of nitrogens with one attached hydrogen (secondary N) is 2. The molecule has 0 aliphatic rings. The summed E-state index contributed by atoms with van der Waals surface area (Å²) in [4.78, 5) is 30.0. The predicted octanol–water partition coefficient (Wildman–Crippen LogP) is 3.65. The molecule has 32 heavy (non-hydrogen) atoms. The molecule has 0 atom stereocenters. The number of hydrogen-bond acceptors (Lipinski definition) is 7. The molecule has 0 spiro atoms. The number of pyridine rings is 2. The summed E-state index contributed by atoms with van der Waals surface area (Å²) in [5.74, 6) is 6.01. The van der Waals surface area contributed by atoms with Gasteiger partial charge in [-0.1, -0.05) is 13.0 Å². The number of anilines is 3. The molecule has 0 aliphatic carbocycles. The lowest BCUT2D eigenvalue weighted by Crippen LogP contribution is -2.42. The highest BCUT2D eigenvalue weighted by atomic mass is 19.1. The van der Waals surface area contributed by atoms with Gasteiger partial charge in [-0.05, 0) is 54.4 Å². The Kier molecular flexibility index (Phi) is 6.13. The number of fused-ring (bicyclic) bond motifs is 1. The second kappa shape index (κ2) is 9.31. The lowest BCUT2D eigenvalue weighted by atomic mass is 10.1. The molecule has 0 radical (unpaired) electrons. The fraction of sp³-hybridized carbons (Fsp3) is 0.136. The SMILES string of the molecule is CCc1ncccc1CNc1nc(N(N)C(=O)Nc2ccc(F)cc2)nc2ncccc12. The summed E-state index contributed by atoms with van der Waals surface area (Å²) < 4.78 is 13.1. The second-order valence-electron chi connectivity index (χ2n) is 6.87. The van der Waals surface area contributed by atoms with Gasteiger partial charge in [0.1, 0.15) is 11.6 Å². The zero-order valence-electron chi connectivity index (χ0n) is 17.3. The Morgan fingerprint density at radius 1 is 1.06 bits per heavy atom. The highest BCUT2D eigenvalue weighted by Crippen LogP contribution is 2.22. The lowest BCUT2D eigenvalue weighted by molar-refractivity contribution is 0.256. The minimum Gasteiger partial charge on any atom is -0.365 e. The number of aromatic nitrogens is 4. The molecule has 0 aliphatic heterocycles. The molecular formula is C22H21FN8O. The van der Waals surface area contributed by atoms with Crippen molar-refractivity contribution in [3.8, 4) is 0 Å². The van der Waals surface area contributed by atoms with Crippen LogP contribution in [-0.4, -0.2) is 26.0 Å². The molecule has 10 heteroatoms. The quantitative estimate of drug-likeness (QED) is 0.241. The number of rotatable bonds is 6. The molecule has 3 heterocycles. The first-order chi connectivity index (χ1) is 15.5. The van der Waals surface area contributed by atoms with E-state index in [1.807, 2.05) is 25.1 Å². The van der Waals surface area contributed by atoms with Gasteiger partial charge >= 0.3 is 6.03 Å². The number of hydrogen-bond donors (Lipinski definition) is 3. The van der Waals surface area contributed by atoms with Crippen molar-refractivity contribution in [1.82, 2.24) is 19.9 Å². The van der Waals surface area contributed by atoms with Gasteiger partial charge in [0.25, 0.3) is 5.95 Å². The maximum absolute atomic E-state index is 13.1. The van der Waals surface area contributed by atoms with E-state index >= 15 is 0 Å². The third-order valence-corrected chi connectivity index (χ3v) is 4.75. The predicted molar refractivity (Wildman–Crippen MR) is 120 cm³/mol. The Balaban J connectivity index is 1.60. The van der Waals surface area contributed by atoms with Crippen LogP contribution in [0, 0.1) is 5.82 Å². The topological polar surface area (TPSA) is 122 Å². The Bertz CT molecular complexity index is 1250. The molecule has 0 bridgehead atoms. The number of urea groups is 1. The van der Waals surface area contributed by atoms with Crippen LogP contribution in [0.4, 0.5) is 26.6 Å². The summed E-state index contributed by atoms with van der Waals surface area (Å²) in [6.45, 7) is 2.52. The monoisotopic (exact) mass is 432 g/mol. The van der Waals surface area contributed by atoms with E-state index in [4.69, 9.17) is 5.84 Å². The van der Waals surface area contributed by atoms with Crippen molar-refractivity contribution in [2.75, 3.05) is 15.6 Å². The number of nitrogens with two attached hydrogens (primary N) is 1. The minimum atomic E-state index is -0.682. The van der Waals surface area contributed by atoms with Crippen molar-refractivity contribution in [3.05, 3.63) is 78.0 Å². The van der Waals surface area contributed by atoms with Gasteiger partial charge in [0, 0.05) is 30.3 Å². The van der Waals surface area contributed by atoms with E-state index in [9.17, 15) is 9.18 Å². The molecule has 9 nitrogen and oxygen atoms in total. The first-order valence-electron chi connectivity index (χ1n) is 9.96. The van der Waals surface area contributed by atoms with Gasteiger partial charge in [-0.25, -0.2) is 20.0 Å². The molecule has 162 valence electrons. The number of nitrogens with zero attached hydrogens (tertiary/aromatic N) is 5. The van der Waals surface area contributed by atoms with Crippen LogP contribution < -0.4 is 21.5 Å². The maximum Gasteiger partial charge on any atom is 0.343 e. The van der Waals surface area contributed by atoms with E-state index in [-0.39, 0.29) is 5.95 Å². The van der Waals surface area contributed by atoms with Gasteiger partial charge in [-0.2, -0.15) is 15.0 Å². The summed E-state index contributed by atoms with van der Waals surface area (Å²) in [7, 11) is 0. The van der Waals surface area contributed by atoms with E-state index < -0.39 is 11.8 Å². The molecule has 1 aromatic carbocycles. The van der Waals surface area contributed by atoms with Crippen LogP contribution in [-0.2, 0) is 13.0 Å². The number of carbonyl (C=O) groups excluding carboxylic acids is 1. The zero-order valence-corrected chi connectivity index (χ0v) is 17.3. The van der Waals surface area contributed by atoms with Gasteiger partial charge in [0.05, 0.1) is 5.39 Å². The first kappa shape index (κ1) is 21.1.